The van der Waals surface area contributed by atoms with Crippen LogP contribution in [0.2, 0.25) is 0 Å². The molecule has 1 atom stereocenters. The summed E-state index contributed by atoms with van der Waals surface area (Å²) in [7, 11) is 1.32. The molecule has 0 N–H and O–H groups in total. The van der Waals surface area contributed by atoms with E-state index in [9.17, 15) is 4.79 Å². The van der Waals surface area contributed by atoms with E-state index in [4.69, 9.17) is 4.74 Å². The molecule has 0 bridgehead atoms. The average Bonchev–Trinajstić information content (AvgIpc) is 2.18. The summed E-state index contributed by atoms with van der Waals surface area (Å²) in [5, 5.41) is 0. The zero-order valence-electron chi connectivity index (χ0n) is 7.56. The number of ether oxygens (including phenoxy) is 2. The molecule has 4 nitrogen and oxygen atoms in total. The van der Waals surface area contributed by atoms with Gasteiger partial charge in [0.05, 0.1) is 7.11 Å². The van der Waals surface area contributed by atoms with Crippen LogP contribution in [0.25, 0.3) is 0 Å². The fraction of sp³-hybridized carbons (Fsp3) is 0.333. The summed E-state index contributed by atoms with van der Waals surface area (Å²) in [5.74, 6) is 0.00560. The van der Waals surface area contributed by atoms with Gasteiger partial charge in [-0.3, -0.25) is 0 Å². The first kappa shape index (κ1) is 9.51. The molecule has 1 aromatic heterocycles. The second-order valence-electron chi connectivity index (χ2n) is 2.45. The second kappa shape index (κ2) is 4.45. The molecule has 4 heteroatoms. The van der Waals surface area contributed by atoms with Crippen molar-refractivity contribution in [2.45, 2.75) is 13.0 Å². The van der Waals surface area contributed by atoms with Gasteiger partial charge in [-0.15, -0.1) is 0 Å². The number of rotatable bonds is 3. The third-order valence-electron chi connectivity index (χ3n) is 1.47. The number of carbonyl (C=O) groups excluding carboxylic acids is 1. The highest BCUT2D eigenvalue weighted by atomic mass is 16.6. The number of hydrogen-bond acceptors (Lipinski definition) is 4. The van der Waals surface area contributed by atoms with Gasteiger partial charge in [-0.05, 0) is 13.0 Å². The summed E-state index contributed by atoms with van der Waals surface area (Å²) in [6.07, 6.45) is 0.971. The summed E-state index contributed by atoms with van der Waals surface area (Å²) in [5.41, 5.74) is 0. The van der Waals surface area contributed by atoms with Crippen LogP contribution in [0.15, 0.2) is 24.4 Å². The van der Waals surface area contributed by atoms with E-state index in [0.717, 1.165) is 0 Å². The minimum absolute atomic E-state index is 0.411. The normalized spacial score (nSPS) is 11.8. The first-order chi connectivity index (χ1) is 6.24. The van der Waals surface area contributed by atoms with Gasteiger partial charge in [0.2, 0.25) is 5.88 Å². The molecule has 0 aliphatic carbocycles. The van der Waals surface area contributed by atoms with E-state index >= 15 is 0 Å². The van der Waals surface area contributed by atoms with E-state index in [0.29, 0.717) is 5.88 Å². The first-order valence-corrected chi connectivity index (χ1v) is 3.89. The van der Waals surface area contributed by atoms with Gasteiger partial charge in [-0.25, -0.2) is 9.78 Å². The molecule has 0 aliphatic heterocycles. The third-order valence-corrected chi connectivity index (χ3v) is 1.47. The standard InChI is InChI=1S/C9H11NO3/c1-7(9(11)12-2)13-8-5-3-4-6-10-8/h3-7H,1-2H3. The number of carbonyl (C=O) groups is 1. The van der Waals surface area contributed by atoms with Gasteiger partial charge >= 0.3 is 5.97 Å². The Kier molecular flexibility index (Phi) is 3.25. The molecule has 0 spiro atoms. The second-order valence-corrected chi connectivity index (χ2v) is 2.45. The summed E-state index contributed by atoms with van der Waals surface area (Å²) < 4.78 is 9.67. The van der Waals surface area contributed by atoms with Gasteiger partial charge in [-0.2, -0.15) is 0 Å². The maximum Gasteiger partial charge on any atom is 0.346 e. The van der Waals surface area contributed by atoms with Crippen molar-refractivity contribution in [1.82, 2.24) is 4.98 Å². The van der Waals surface area contributed by atoms with E-state index in [1.165, 1.54) is 7.11 Å². The zero-order chi connectivity index (χ0) is 9.68. The Hall–Kier alpha value is -1.58. The number of pyridine rings is 1. The Morgan fingerprint density at radius 1 is 1.54 bits per heavy atom. The fourth-order valence-corrected chi connectivity index (χ4v) is 0.812. The molecule has 70 valence electrons. The van der Waals surface area contributed by atoms with Crippen LogP contribution in [-0.4, -0.2) is 24.2 Å². The molecule has 1 unspecified atom stereocenters. The van der Waals surface area contributed by atoms with Crippen molar-refractivity contribution in [1.29, 1.82) is 0 Å². The van der Waals surface area contributed by atoms with Crippen LogP contribution in [0.4, 0.5) is 0 Å². The monoisotopic (exact) mass is 181 g/mol. The Labute approximate surface area is 76.5 Å². The van der Waals surface area contributed by atoms with E-state index in [1.54, 1.807) is 31.3 Å². The predicted molar refractivity (Wildman–Crippen MR) is 46.3 cm³/mol. The topological polar surface area (TPSA) is 48.4 Å². The fourth-order valence-electron chi connectivity index (χ4n) is 0.812. The lowest BCUT2D eigenvalue weighted by molar-refractivity contribution is -0.148. The minimum Gasteiger partial charge on any atom is -0.466 e. The highest BCUT2D eigenvalue weighted by Gasteiger charge is 2.14. The quantitative estimate of drug-likeness (QED) is 0.653. The maximum atomic E-state index is 10.9. The number of esters is 1. The van der Waals surface area contributed by atoms with Gasteiger partial charge in [0.25, 0.3) is 0 Å². The molecule has 0 saturated carbocycles. The van der Waals surface area contributed by atoms with Crippen LogP contribution >= 0.6 is 0 Å². The van der Waals surface area contributed by atoms with Crippen molar-refractivity contribution in [3.05, 3.63) is 24.4 Å². The van der Waals surface area contributed by atoms with Crippen LogP contribution in [0, 0.1) is 0 Å². The van der Waals surface area contributed by atoms with Crippen LogP contribution < -0.4 is 4.74 Å². The lowest BCUT2D eigenvalue weighted by Gasteiger charge is -2.10. The Bertz CT molecular complexity index is 273. The Morgan fingerprint density at radius 2 is 2.31 bits per heavy atom. The van der Waals surface area contributed by atoms with Crippen LogP contribution in [0.3, 0.4) is 0 Å². The summed E-state index contributed by atoms with van der Waals surface area (Å²) in [4.78, 5) is 14.8. The molecule has 1 rings (SSSR count). The van der Waals surface area contributed by atoms with Crippen LogP contribution in [-0.2, 0) is 9.53 Å². The highest BCUT2D eigenvalue weighted by molar-refractivity contribution is 5.74. The summed E-state index contributed by atoms with van der Waals surface area (Å²) >= 11 is 0. The minimum atomic E-state index is -0.625. The van der Waals surface area contributed by atoms with Crippen molar-refractivity contribution in [3.8, 4) is 5.88 Å². The van der Waals surface area contributed by atoms with Crippen molar-refractivity contribution < 1.29 is 14.3 Å². The number of hydrogen-bond donors (Lipinski definition) is 0. The molecule has 0 amide bonds. The van der Waals surface area contributed by atoms with Crippen molar-refractivity contribution in [2.75, 3.05) is 7.11 Å². The smallest absolute Gasteiger partial charge is 0.346 e. The maximum absolute atomic E-state index is 10.9. The molecule has 1 heterocycles. The number of aromatic nitrogens is 1. The van der Waals surface area contributed by atoms with E-state index < -0.39 is 12.1 Å². The Balaban J connectivity index is 2.55. The highest BCUT2D eigenvalue weighted by Crippen LogP contribution is 2.06. The average molecular weight is 181 g/mol. The third kappa shape index (κ3) is 2.74. The summed E-state index contributed by atoms with van der Waals surface area (Å²) in [6, 6.07) is 5.24. The largest absolute Gasteiger partial charge is 0.466 e. The number of methoxy groups -OCH3 is 1. The molecule has 0 fully saturated rings. The molecule has 0 aliphatic rings. The molecular weight excluding hydrogens is 170 g/mol. The number of nitrogens with zero attached hydrogens (tertiary/aromatic N) is 1. The van der Waals surface area contributed by atoms with Crippen LogP contribution in [0.5, 0.6) is 5.88 Å². The van der Waals surface area contributed by atoms with Crippen molar-refractivity contribution >= 4 is 5.97 Å². The molecular formula is C9H11NO3. The molecule has 0 radical (unpaired) electrons. The molecule has 13 heavy (non-hydrogen) atoms. The van der Waals surface area contributed by atoms with E-state index in [-0.39, 0.29) is 0 Å². The van der Waals surface area contributed by atoms with Gasteiger partial charge in [0.1, 0.15) is 0 Å². The lowest BCUT2D eigenvalue weighted by Crippen LogP contribution is -2.25. The Morgan fingerprint density at radius 3 is 2.85 bits per heavy atom. The lowest BCUT2D eigenvalue weighted by atomic mass is 10.4. The van der Waals surface area contributed by atoms with E-state index in [2.05, 4.69) is 9.72 Å². The zero-order valence-corrected chi connectivity index (χ0v) is 7.56. The molecule has 0 aromatic carbocycles. The van der Waals surface area contributed by atoms with Crippen molar-refractivity contribution in [2.24, 2.45) is 0 Å². The van der Waals surface area contributed by atoms with Gasteiger partial charge in [0.15, 0.2) is 6.10 Å². The SMILES string of the molecule is COC(=O)C(C)Oc1ccccn1. The predicted octanol–water partition coefficient (Wildman–Crippen LogP) is 1.02. The first-order valence-electron chi connectivity index (χ1n) is 3.89. The molecule has 1 aromatic rings. The van der Waals surface area contributed by atoms with Gasteiger partial charge < -0.3 is 9.47 Å². The van der Waals surface area contributed by atoms with Crippen LogP contribution in [0.1, 0.15) is 6.92 Å². The molecule has 0 saturated heterocycles. The van der Waals surface area contributed by atoms with Gasteiger partial charge in [0, 0.05) is 12.3 Å². The summed E-state index contributed by atoms with van der Waals surface area (Å²) in [6.45, 7) is 1.61. The van der Waals surface area contributed by atoms with Crippen molar-refractivity contribution in [3.63, 3.8) is 0 Å². The van der Waals surface area contributed by atoms with E-state index in [1.807, 2.05) is 0 Å². The van der Waals surface area contributed by atoms with Gasteiger partial charge in [-0.1, -0.05) is 6.07 Å².